The van der Waals surface area contributed by atoms with E-state index in [0.29, 0.717) is 6.54 Å². The number of hydrogen-bond acceptors (Lipinski definition) is 4. The van der Waals surface area contributed by atoms with E-state index in [1.807, 2.05) is 26.0 Å². The Morgan fingerprint density at radius 3 is 2.60 bits per heavy atom. The van der Waals surface area contributed by atoms with Crippen LogP contribution in [0.2, 0.25) is 0 Å². The van der Waals surface area contributed by atoms with E-state index in [2.05, 4.69) is 0 Å². The summed E-state index contributed by atoms with van der Waals surface area (Å²) in [6, 6.07) is 3.71. The topological polar surface area (TPSA) is 53.7 Å². The molecule has 1 aliphatic rings. The van der Waals surface area contributed by atoms with Gasteiger partial charge in [0, 0.05) is 18.2 Å². The summed E-state index contributed by atoms with van der Waals surface area (Å²) < 4.78 is 16.2. The molecule has 0 amide bonds. The molecule has 0 fully saturated rings. The van der Waals surface area contributed by atoms with Crippen LogP contribution in [0, 0.1) is 0 Å². The third-order valence-corrected chi connectivity index (χ3v) is 2.14. The highest BCUT2D eigenvalue weighted by molar-refractivity contribution is 5.51. The Hall–Kier alpha value is -1.42. The summed E-state index contributed by atoms with van der Waals surface area (Å²) >= 11 is 0. The molecule has 0 saturated carbocycles. The van der Waals surface area contributed by atoms with Crippen LogP contribution in [0.25, 0.3) is 0 Å². The monoisotopic (exact) mass is 209 g/mol. The Morgan fingerprint density at radius 1 is 1.33 bits per heavy atom. The predicted molar refractivity (Wildman–Crippen MR) is 56.2 cm³/mol. The maximum absolute atomic E-state index is 5.65. The Kier molecular flexibility index (Phi) is 2.68. The Morgan fingerprint density at radius 2 is 2.00 bits per heavy atom. The van der Waals surface area contributed by atoms with Crippen LogP contribution in [0.4, 0.5) is 0 Å². The van der Waals surface area contributed by atoms with Gasteiger partial charge in [0.25, 0.3) is 0 Å². The first-order valence-corrected chi connectivity index (χ1v) is 5.00. The first-order valence-electron chi connectivity index (χ1n) is 5.00. The van der Waals surface area contributed by atoms with Crippen LogP contribution in [0.3, 0.4) is 0 Å². The van der Waals surface area contributed by atoms with Gasteiger partial charge in [0.2, 0.25) is 6.79 Å². The normalized spacial score (nSPS) is 13.3. The number of ether oxygens (including phenoxy) is 3. The van der Waals surface area contributed by atoms with E-state index in [9.17, 15) is 0 Å². The molecule has 4 heteroatoms. The molecular formula is C11H15NO3. The van der Waals surface area contributed by atoms with Crippen LogP contribution in [0.5, 0.6) is 17.2 Å². The van der Waals surface area contributed by atoms with Crippen LogP contribution < -0.4 is 19.9 Å². The van der Waals surface area contributed by atoms with Gasteiger partial charge in [-0.3, -0.25) is 0 Å². The number of fused-ring (bicyclic) bond motifs is 1. The third-order valence-electron chi connectivity index (χ3n) is 2.14. The van der Waals surface area contributed by atoms with Crippen molar-refractivity contribution in [3.63, 3.8) is 0 Å². The molecule has 0 aromatic heterocycles. The highest BCUT2D eigenvalue weighted by atomic mass is 16.7. The minimum Gasteiger partial charge on any atom is -0.491 e. The van der Waals surface area contributed by atoms with Crippen LogP contribution in [0.1, 0.15) is 19.4 Å². The molecular weight excluding hydrogens is 194 g/mol. The first kappa shape index (κ1) is 10.1. The summed E-state index contributed by atoms with van der Waals surface area (Å²) in [4.78, 5) is 0. The Labute approximate surface area is 88.9 Å². The lowest BCUT2D eigenvalue weighted by Gasteiger charge is -2.14. The first-order chi connectivity index (χ1) is 7.20. The summed E-state index contributed by atoms with van der Waals surface area (Å²) in [5.74, 6) is 2.24. The molecule has 1 heterocycles. The standard InChI is InChI=1S/C11H15NO3/c1-7(2)15-9-4-11-10(13-6-14-11)3-8(9)5-12/h3-4,7H,5-6,12H2,1-2H3. The smallest absolute Gasteiger partial charge is 0.231 e. The second-order valence-electron chi connectivity index (χ2n) is 3.68. The van der Waals surface area contributed by atoms with Gasteiger partial charge >= 0.3 is 0 Å². The van der Waals surface area contributed by atoms with Crippen LogP contribution >= 0.6 is 0 Å². The highest BCUT2D eigenvalue weighted by Crippen LogP contribution is 2.38. The van der Waals surface area contributed by atoms with Crippen LogP contribution in [0.15, 0.2) is 12.1 Å². The van der Waals surface area contributed by atoms with Crippen molar-refractivity contribution in [1.82, 2.24) is 0 Å². The molecule has 0 saturated heterocycles. The van der Waals surface area contributed by atoms with E-state index in [1.165, 1.54) is 0 Å². The van der Waals surface area contributed by atoms with Crippen LogP contribution in [-0.4, -0.2) is 12.9 Å². The van der Waals surface area contributed by atoms with E-state index in [-0.39, 0.29) is 12.9 Å². The van der Waals surface area contributed by atoms with Crippen molar-refractivity contribution in [3.8, 4) is 17.2 Å². The second kappa shape index (κ2) is 3.98. The van der Waals surface area contributed by atoms with Gasteiger partial charge in [0.1, 0.15) is 5.75 Å². The largest absolute Gasteiger partial charge is 0.491 e. The lowest BCUT2D eigenvalue weighted by atomic mass is 10.1. The lowest BCUT2D eigenvalue weighted by molar-refractivity contribution is 0.173. The zero-order valence-electron chi connectivity index (χ0n) is 8.95. The van der Waals surface area contributed by atoms with Crippen molar-refractivity contribution in [1.29, 1.82) is 0 Å². The van der Waals surface area contributed by atoms with Gasteiger partial charge in [0.05, 0.1) is 6.10 Å². The van der Waals surface area contributed by atoms with Crippen molar-refractivity contribution in [3.05, 3.63) is 17.7 Å². The molecule has 2 N–H and O–H groups in total. The molecule has 0 aliphatic carbocycles. The Balaban J connectivity index is 2.35. The third kappa shape index (κ3) is 1.99. The maximum atomic E-state index is 5.65. The second-order valence-corrected chi connectivity index (χ2v) is 3.68. The van der Waals surface area contributed by atoms with Gasteiger partial charge in [-0.1, -0.05) is 0 Å². The molecule has 2 rings (SSSR count). The van der Waals surface area contributed by atoms with Crippen molar-refractivity contribution in [2.75, 3.05) is 6.79 Å². The maximum Gasteiger partial charge on any atom is 0.231 e. The molecule has 0 atom stereocenters. The number of benzene rings is 1. The van der Waals surface area contributed by atoms with Gasteiger partial charge in [-0.05, 0) is 19.9 Å². The molecule has 15 heavy (non-hydrogen) atoms. The minimum atomic E-state index is 0.121. The fourth-order valence-corrected chi connectivity index (χ4v) is 1.49. The van der Waals surface area contributed by atoms with Crippen molar-refractivity contribution < 1.29 is 14.2 Å². The van der Waals surface area contributed by atoms with E-state index in [0.717, 1.165) is 22.8 Å². The summed E-state index contributed by atoms with van der Waals surface area (Å²) in [5.41, 5.74) is 6.58. The van der Waals surface area contributed by atoms with E-state index in [4.69, 9.17) is 19.9 Å². The molecule has 82 valence electrons. The number of nitrogens with two attached hydrogens (primary N) is 1. The molecule has 1 aromatic rings. The average molecular weight is 209 g/mol. The molecule has 1 aliphatic heterocycles. The van der Waals surface area contributed by atoms with Crippen molar-refractivity contribution >= 4 is 0 Å². The SMILES string of the molecule is CC(C)Oc1cc2c(cc1CN)OCO2. The van der Waals surface area contributed by atoms with Gasteiger partial charge < -0.3 is 19.9 Å². The summed E-state index contributed by atoms with van der Waals surface area (Å²) in [7, 11) is 0. The lowest BCUT2D eigenvalue weighted by Crippen LogP contribution is -2.09. The van der Waals surface area contributed by atoms with Crippen molar-refractivity contribution in [2.45, 2.75) is 26.5 Å². The quantitative estimate of drug-likeness (QED) is 0.822. The van der Waals surface area contributed by atoms with Gasteiger partial charge in [-0.15, -0.1) is 0 Å². The molecule has 0 unspecified atom stereocenters. The predicted octanol–water partition coefficient (Wildman–Crippen LogP) is 1.66. The zero-order valence-corrected chi connectivity index (χ0v) is 8.95. The van der Waals surface area contributed by atoms with E-state index < -0.39 is 0 Å². The molecule has 4 nitrogen and oxygen atoms in total. The molecule has 1 aromatic carbocycles. The average Bonchev–Trinajstić information content (AvgIpc) is 2.62. The van der Waals surface area contributed by atoms with Crippen molar-refractivity contribution in [2.24, 2.45) is 5.73 Å². The van der Waals surface area contributed by atoms with E-state index in [1.54, 1.807) is 0 Å². The summed E-state index contributed by atoms with van der Waals surface area (Å²) in [5, 5.41) is 0. The summed E-state index contributed by atoms with van der Waals surface area (Å²) in [6.45, 7) is 4.65. The van der Waals surface area contributed by atoms with Gasteiger partial charge in [-0.2, -0.15) is 0 Å². The fraction of sp³-hybridized carbons (Fsp3) is 0.455. The highest BCUT2D eigenvalue weighted by Gasteiger charge is 2.17. The molecule has 0 spiro atoms. The van der Waals surface area contributed by atoms with Gasteiger partial charge in [-0.25, -0.2) is 0 Å². The molecule has 0 radical (unpaired) electrons. The number of hydrogen-bond donors (Lipinski definition) is 1. The van der Waals surface area contributed by atoms with Gasteiger partial charge in [0.15, 0.2) is 11.5 Å². The fourth-order valence-electron chi connectivity index (χ4n) is 1.49. The summed E-state index contributed by atoms with van der Waals surface area (Å²) in [6.07, 6.45) is 0.121. The zero-order chi connectivity index (χ0) is 10.8. The number of rotatable bonds is 3. The van der Waals surface area contributed by atoms with E-state index >= 15 is 0 Å². The molecule has 0 bridgehead atoms. The minimum absolute atomic E-state index is 0.121. The van der Waals surface area contributed by atoms with Crippen LogP contribution in [-0.2, 0) is 6.54 Å². The Bertz CT molecular complexity index is 363.